The Kier molecular flexibility index (Phi) is 17.7. The Morgan fingerprint density at radius 1 is 0.485 bits per heavy atom. The quantitative estimate of drug-likeness (QED) is 0.120. The van der Waals surface area contributed by atoms with Crippen LogP contribution in [0.2, 0.25) is 0 Å². The molecule has 9 aliphatic carbocycles. The van der Waals surface area contributed by atoms with Crippen LogP contribution in [0.15, 0.2) is 164 Å². The molecular weight excluding hydrogens is 1200 g/mol. The van der Waals surface area contributed by atoms with E-state index in [0.29, 0.717) is 70.0 Å². The van der Waals surface area contributed by atoms with Gasteiger partial charge in [-0.05, 0) is 256 Å². The number of aromatic carboxylic acids is 1. The highest BCUT2D eigenvalue weighted by atomic mass is 16.5. The molecule has 1 N–H and O–H groups in total. The van der Waals surface area contributed by atoms with Gasteiger partial charge in [-0.3, -0.25) is 4.79 Å². The summed E-state index contributed by atoms with van der Waals surface area (Å²) in [6.07, 6.45) is 28.4. The Labute approximate surface area is 571 Å². The number of ether oxygens (including phenoxy) is 2. The second-order valence-corrected chi connectivity index (χ2v) is 29.3. The molecule has 0 spiro atoms. The second-order valence-electron chi connectivity index (χ2n) is 29.3. The Bertz CT molecular complexity index is 4680. The van der Waals surface area contributed by atoms with E-state index in [0.717, 1.165) is 110 Å². The maximum Gasteiger partial charge on any atom is 0.337 e. The lowest BCUT2D eigenvalue weighted by Gasteiger charge is -2.50. The fourth-order valence-corrected chi connectivity index (χ4v) is 20.9. The minimum absolute atomic E-state index is 0. The van der Waals surface area contributed by atoms with Gasteiger partial charge in [0.05, 0.1) is 64.0 Å². The number of aromatic nitrogens is 6. The number of hydrogen-bond donors (Lipinski definition) is 1. The van der Waals surface area contributed by atoms with Crippen molar-refractivity contribution in [3.05, 3.63) is 214 Å². The zero-order valence-corrected chi connectivity index (χ0v) is 54.5. The number of carbonyl (C=O) groups excluding carboxylic acids is 3. The van der Waals surface area contributed by atoms with Crippen molar-refractivity contribution >= 4 is 74.4 Å². The summed E-state index contributed by atoms with van der Waals surface area (Å²) in [5.74, 6) is 3.91. The fraction of sp³-hybridized carbons (Fsp3) is 0.417. The van der Waals surface area contributed by atoms with Crippen LogP contribution in [0, 0.1) is 51.8 Å². The van der Waals surface area contributed by atoms with Crippen molar-refractivity contribution in [3.63, 3.8) is 0 Å². The number of aldehydes is 1. The number of para-hydroxylation sites is 6. The van der Waals surface area contributed by atoms with E-state index in [1.54, 1.807) is 6.07 Å². The Morgan fingerprint density at radius 3 is 1.27 bits per heavy atom. The number of carboxylic acids is 1. The molecule has 97 heavy (non-hydrogen) atoms. The summed E-state index contributed by atoms with van der Waals surface area (Å²) < 4.78 is 16.7. The van der Waals surface area contributed by atoms with Crippen molar-refractivity contribution in [1.29, 1.82) is 0 Å². The molecule has 12 atom stereocenters. The van der Waals surface area contributed by atoms with Gasteiger partial charge >= 0.3 is 17.9 Å². The van der Waals surface area contributed by atoms with E-state index in [-0.39, 0.29) is 50.5 Å². The second kappa shape index (κ2) is 25.8. The zero-order valence-electron chi connectivity index (χ0n) is 54.5. The van der Waals surface area contributed by atoms with Crippen LogP contribution in [-0.4, -0.2) is 72.2 Å². The van der Waals surface area contributed by atoms with E-state index in [2.05, 4.69) is 134 Å². The Balaban J connectivity index is 0.000000129. The normalized spacial score (nSPS) is 28.1. The van der Waals surface area contributed by atoms with Crippen molar-refractivity contribution < 1.29 is 33.8 Å². The van der Waals surface area contributed by atoms with Crippen molar-refractivity contribution in [2.45, 2.75) is 157 Å². The van der Waals surface area contributed by atoms with Crippen LogP contribution in [0.4, 0.5) is 0 Å². The molecule has 9 aromatic rings. The van der Waals surface area contributed by atoms with Gasteiger partial charge in [-0.1, -0.05) is 110 Å². The van der Waals surface area contributed by atoms with Crippen LogP contribution in [0.5, 0.6) is 0 Å². The summed E-state index contributed by atoms with van der Waals surface area (Å²) in [5.41, 5.74) is 21.7. The highest BCUT2D eigenvalue weighted by Gasteiger charge is 2.57. The van der Waals surface area contributed by atoms with Crippen LogP contribution < -0.4 is 0 Å². The molecule has 502 valence electrons. The number of imidazole rings is 3. The highest BCUT2D eigenvalue weighted by molar-refractivity contribution is 5.92. The molecule has 13 heteroatoms. The van der Waals surface area contributed by atoms with E-state index >= 15 is 0 Å². The number of methoxy groups -OCH3 is 2. The van der Waals surface area contributed by atoms with E-state index < -0.39 is 5.97 Å². The van der Waals surface area contributed by atoms with Crippen molar-refractivity contribution in [3.8, 4) is 0 Å². The van der Waals surface area contributed by atoms with Crippen LogP contribution in [0.3, 0.4) is 0 Å². The molecule has 9 unspecified atom stereocenters. The van der Waals surface area contributed by atoms with Crippen LogP contribution in [0.1, 0.15) is 202 Å². The third-order valence-electron chi connectivity index (χ3n) is 25.3. The smallest absolute Gasteiger partial charge is 0.337 e. The van der Waals surface area contributed by atoms with E-state index in [4.69, 9.17) is 9.47 Å². The van der Waals surface area contributed by atoms with Crippen molar-refractivity contribution in [2.75, 3.05) is 14.2 Å². The summed E-state index contributed by atoms with van der Waals surface area (Å²) in [7, 11) is 2.88. The maximum absolute atomic E-state index is 12.3. The molecular formula is C84H94N6O7. The highest BCUT2D eigenvalue weighted by Crippen LogP contribution is 2.66. The van der Waals surface area contributed by atoms with Crippen molar-refractivity contribution in [1.82, 2.24) is 28.7 Å². The van der Waals surface area contributed by atoms with Gasteiger partial charge in [-0.2, -0.15) is 0 Å². The topological polar surface area (TPSA) is 160 Å². The average Bonchev–Trinajstić information content (AvgIpc) is 1.58. The van der Waals surface area contributed by atoms with Gasteiger partial charge in [-0.25, -0.2) is 29.3 Å². The monoisotopic (exact) mass is 1300 g/mol. The van der Waals surface area contributed by atoms with E-state index in [1.807, 2.05) is 67.5 Å². The minimum Gasteiger partial charge on any atom is -0.478 e. The summed E-state index contributed by atoms with van der Waals surface area (Å²) in [6, 6.07) is 43.1. The van der Waals surface area contributed by atoms with E-state index in [9.17, 15) is 24.3 Å². The minimum atomic E-state index is -0.826. The third kappa shape index (κ3) is 10.7. The number of carboxylic acid groups (broad SMARTS) is 1. The van der Waals surface area contributed by atoms with Crippen molar-refractivity contribution in [2.24, 2.45) is 51.8 Å². The fourth-order valence-electron chi connectivity index (χ4n) is 20.9. The molecule has 3 aromatic heterocycles. The number of esters is 2. The number of fused-ring (bicyclic) bond motifs is 18. The number of carbonyl (C=O) groups is 4. The average molecular weight is 1300 g/mol. The molecule has 0 saturated heterocycles. The SMILES string of the molecule is C.C.C.COC(=O)c1ccc2c(c1)CCC1C2CC[C@]2(C)C(n3cnc4ccccc43)=C(C=O)CC12.COC(=O)c1ccc2c(c1)CCC1C2CC[C@]2(C)C(n3cnc4ccccc43)=CCC12.C[C@]12CCC3c4ccc(C(=O)O)cc4CCC3C1CC=C2n1cnc2ccccc21. The predicted octanol–water partition coefficient (Wildman–Crippen LogP) is 18.9. The Morgan fingerprint density at radius 2 is 0.856 bits per heavy atom. The molecule has 13 nitrogen and oxygen atoms in total. The lowest BCUT2D eigenvalue weighted by Crippen LogP contribution is -2.41. The summed E-state index contributed by atoms with van der Waals surface area (Å²) in [4.78, 5) is 61.6. The molecule has 0 aliphatic heterocycles. The van der Waals surface area contributed by atoms with Gasteiger partial charge in [0.2, 0.25) is 0 Å². The third-order valence-corrected chi connectivity index (χ3v) is 25.3. The van der Waals surface area contributed by atoms with Gasteiger partial charge in [0, 0.05) is 38.9 Å². The molecule has 3 saturated carbocycles. The first kappa shape index (κ1) is 66.6. The number of rotatable bonds is 7. The van der Waals surface area contributed by atoms with E-state index in [1.165, 1.54) is 95.7 Å². The van der Waals surface area contributed by atoms with Gasteiger partial charge in [0.15, 0.2) is 0 Å². The molecule has 18 rings (SSSR count). The molecule has 3 fully saturated rings. The molecule has 0 bridgehead atoms. The van der Waals surface area contributed by atoms with Crippen LogP contribution in [-0.2, 0) is 33.5 Å². The number of aryl methyl sites for hydroxylation is 3. The van der Waals surface area contributed by atoms with Crippen LogP contribution >= 0.6 is 0 Å². The lowest BCUT2D eigenvalue weighted by molar-refractivity contribution is -0.105. The van der Waals surface area contributed by atoms with Gasteiger partial charge < -0.3 is 28.3 Å². The molecule has 9 aliphatic rings. The number of allylic oxidation sites excluding steroid dienone is 6. The zero-order chi connectivity index (χ0) is 64.4. The van der Waals surface area contributed by atoms with Gasteiger partial charge in [0.1, 0.15) is 25.3 Å². The molecule has 6 aromatic carbocycles. The number of hydrogen-bond acceptors (Lipinski definition) is 9. The molecule has 3 heterocycles. The summed E-state index contributed by atoms with van der Waals surface area (Å²) in [6.45, 7) is 7.31. The standard InChI is InChI=1S/C28H28N2O3.C27H28N2O2.C26H26N2O2.3CH4/c1-28-12-11-21-20-9-8-18(27(32)33-2)13-17(20)7-10-22(21)23(28)14-19(15-31)26(28)30-16-29-24-5-3-4-6-25(24)30;1-27-14-13-20-19-9-8-18(26(30)31-2)15-17(19)7-10-21(20)22(27)11-12-25(27)29-16-28-23-5-3-4-6-24(23)29;1-26-13-12-19-18-8-7-17(25(29)30)14-16(18)6-9-20(19)21(26)10-11-24(26)28-15-27-22-4-2-3-5-23(22)28;;;/h3-6,8-9,13,15-16,21-23H,7,10-12,14H2,1-2H3;3-6,8-9,12,15-16,20-22H,7,10-11,13-14H2,1-2H3;2-5,7-8,11,14-15,19-21H,6,9-10,12-13H2,1H3,(H,29,30);3*1H4/t21?,22?,23?,28-;20?,21?,22?,27-;19?,20?,21?,26-;;;/m000.../s1. The molecule has 0 radical (unpaired) electrons. The van der Waals surface area contributed by atoms with Crippen LogP contribution in [0.25, 0.3) is 50.2 Å². The molecule has 0 amide bonds. The number of nitrogens with zero attached hydrogens (tertiary/aromatic N) is 6. The first-order valence-corrected chi connectivity index (χ1v) is 34.4. The summed E-state index contributed by atoms with van der Waals surface area (Å²) >= 11 is 0. The predicted molar refractivity (Wildman–Crippen MR) is 386 cm³/mol. The van der Waals surface area contributed by atoms with Gasteiger partial charge in [-0.15, -0.1) is 0 Å². The number of benzene rings is 6. The Hall–Kier alpha value is -8.97. The van der Waals surface area contributed by atoms with Gasteiger partial charge in [0.25, 0.3) is 0 Å². The summed E-state index contributed by atoms with van der Waals surface area (Å²) in [5, 5.41) is 9.36. The lowest BCUT2D eigenvalue weighted by atomic mass is 9.55. The first-order chi connectivity index (χ1) is 45.7. The largest absolute Gasteiger partial charge is 0.478 e. The first-order valence-electron chi connectivity index (χ1n) is 34.4. The maximum atomic E-state index is 12.3.